The highest BCUT2D eigenvalue weighted by atomic mass is 35.5. The van der Waals surface area contributed by atoms with E-state index in [1.807, 2.05) is 6.92 Å². The summed E-state index contributed by atoms with van der Waals surface area (Å²) in [4.78, 5) is 35.4. The molecule has 1 heterocycles. The van der Waals surface area contributed by atoms with Crippen molar-refractivity contribution >= 4 is 46.6 Å². The summed E-state index contributed by atoms with van der Waals surface area (Å²) in [5.74, 6) is -1.05. The van der Waals surface area contributed by atoms with Crippen molar-refractivity contribution in [2.24, 2.45) is 0 Å². The number of rotatable bonds is 6. The quantitative estimate of drug-likeness (QED) is 0.768. The largest absolute Gasteiger partial charge is 0.493 e. The van der Waals surface area contributed by atoms with Gasteiger partial charge in [-0.15, -0.1) is 0 Å². The van der Waals surface area contributed by atoms with Crippen LogP contribution < -0.4 is 9.47 Å². The summed E-state index contributed by atoms with van der Waals surface area (Å²) in [6, 6.07) is 3.13. The fourth-order valence-electron chi connectivity index (χ4n) is 2.00. The molecule has 9 heteroatoms. The van der Waals surface area contributed by atoms with Crippen molar-refractivity contribution in [1.29, 1.82) is 0 Å². The van der Waals surface area contributed by atoms with Crippen LogP contribution in [0.15, 0.2) is 17.0 Å². The number of aliphatic carboxylic acids is 1. The maximum atomic E-state index is 12.1. The molecule has 0 spiro atoms. The van der Waals surface area contributed by atoms with Crippen LogP contribution >= 0.6 is 23.4 Å². The Morgan fingerprint density at radius 3 is 2.67 bits per heavy atom. The molecule has 1 aliphatic heterocycles. The molecule has 0 saturated carbocycles. The lowest BCUT2D eigenvalue weighted by Crippen LogP contribution is -2.33. The van der Waals surface area contributed by atoms with Gasteiger partial charge in [-0.25, -0.2) is 0 Å². The van der Waals surface area contributed by atoms with Crippen LogP contribution in [0.1, 0.15) is 12.5 Å². The Hall–Kier alpha value is -2.19. The number of amides is 2. The highest BCUT2D eigenvalue weighted by Gasteiger charge is 2.36. The third-order valence-corrected chi connectivity index (χ3v) is 4.27. The lowest BCUT2D eigenvalue weighted by atomic mass is 10.1. The molecule has 1 aromatic carbocycles. The molecule has 24 heavy (non-hydrogen) atoms. The molecule has 0 atom stereocenters. The van der Waals surface area contributed by atoms with Crippen LogP contribution in [0, 0.1) is 0 Å². The molecular formula is C15H14ClNO6S. The Labute approximate surface area is 147 Å². The number of nitrogens with zero attached hydrogens (tertiary/aromatic N) is 1. The first-order chi connectivity index (χ1) is 11.4. The van der Waals surface area contributed by atoms with Crippen molar-refractivity contribution in [2.75, 3.05) is 20.3 Å². The lowest BCUT2D eigenvalue weighted by Gasteiger charge is -2.11. The number of ether oxygens (including phenoxy) is 2. The van der Waals surface area contributed by atoms with Crippen LogP contribution in [0.4, 0.5) is 4.79 Å². The Morgan fingerprint density at radius 1 is 1.38 bits per heavy atom. The summed E-state index contributed by atoms with van der Waals surface area (Å²) < 4.78 is 10.6. The van der Waals surface area contributed by atoms with E-state index in [1.54, 1.807) is 12.1 Å². The van der Waals surface area contributed by atoms with E-state index in [0.717, 1.165) is 0 Å². The van der Waals surface area contributed by atoms with E-state index in [-0.39, 0.29) is 4.91 Å². The minimum Gasteiger partial charge on any atom is -0.493 e. The van der Waals surface area contributed by atoms with Gasteiger partial charge in [0.15, 0.2) is 11.5 Å². The second-order valence-electron chi connectivity index (χ2n) is 4.62. The molecule has 2 rings (SSSR count). The highest BCUT2D eigenvalue weighted by molar-refractivity contribution is 8.18. The van der Waals surface area contributed by atoms with Crippen molar-refractivity contribution in [3.63, 3.8) is 0 Å². The number of carboxylic acid groups (broad SMARTS) is 1. The van der Waals surface area contributed by atoms with E-state index >= 15 is 0 Å². The number of hydrogen-bond acceptors (Lipinski definition) is 6. The first kappa shape index (κ1) is 18.2. The van der Waals surface area contributed by atoms with Gasteiger partial charge in [0.05, 0.1) is 23.6 Å². The van der Waals surface area contributed by atoms with Crippen molar-refractivity contribution < 1.29 is 29.0 Å². The maximum Gasteiger partial charge on any atom is 0.323 e. The number of thioether (sulfide) groups is 1. The SMILES string of the molecule is CCOc1cc(Cl)c(/C=C2/SC(=O)N(CC(=O)O)C2=O)cc1OC. The zero-order valence-corrected chi connectivity index (χ0v) is 14.4. The molecule has 7 nitrogen and oxygen atoms in total. The molecule has 0 aliphatic carbocycles. The van der Waals surface area contributed by atoms with Crippen molar-refractivity contribution in [2.45, 2.75) is 6.92 Å². The number of imide groups is 1. The molecule has 1 N–H and O–H groups in total. The van der Waals surface area contributed by atoms with E-state index in [2.05, 4.69) is 0 Å². The van der Waals surface area contributed by atoms with Gasteiger partial charge >= 0.3 is 5.97 Å². The second kappa shape index (κ2) is 7.59. The van der Waals surface area contributed by atoms with E-state index in [0.29, 0.717) is 45.4 Å². The normalized spacial score (nSPS) is 16.0. The average molecular weight is 372 g/mol. The number of carboxylic acids is 1. The number of hydrogen-bond donors (Lipinski definition) is 1. The zero-order valence-electron chi connectivity index (χ0n) is 12.9. The molecular weight excluding hydrogens is 358 g/mol. The molecule has 0 aromatic heterocycles. The van der Waals surface area contributed by atoms with Crippen LogP contribution in [-0.2, 0) is 9.59 Å². The van der Waals surface area contributed by atoms with Gasteiger partial charge in [-0.3, -0.25) is 19.3 Å². The van der Waals surface area contributed by atoms with Crippen molar-refractivity contribution in [3.05, 3.63) is 27.6 Å². The van der Waals surface area contributed by atoms with E-state index in [4.69, 9.17) is 26.2 Å². The van der Waals surface area contributed by atoms with Gasteiger partial charge < -0.3 is 14.6 Å². The predicted molar refractivity (Wildman–Crippen MR) is 89.5 cm³/mol. The van der Waals surface area contributed by atoms with Crippen LogP contribution in [0.5, 0.6) is 11.5 Å². The summed E-state index contributed by atoms with van der Waals surface area (Å²) in [7, 11) is 1.47. The minimum absolute atomic E-state index is 0.0920. The topological polar surface area (TPSA) is 93.1 Å². The van der Waals surface area contributed by atoms with Crippen molar-refractivity contribution in [1.82, 2.24) is 4.90 Å². The van der Waals surface area contributed by atoms with E-state index in [9.17, 15) is 14.4 Å². The number of benzene rings is 1. The zero-order chi connectivity index (χ0) is 17.9. The maximum absolute atomic E-state index is 12.1. The van der Waals surface area contributed by atoms with Gasteiger partial charge in [-0.05, 0) is 36.4 Å². The highest BCUT2D eigenvalue weighted by Crippen LogP contribution is 2.37. The summed E-state index contributed by atoms with van der Waals surface area (Å²) in [5, 5.41) is 8.43. The molecule has 1 aromatic rings. The summed E-state index contributed by atoms with van der Waals surface area (Å²) in [5.41, 5.74) is 0.456. The second-order valence-corrected chi connectivity index (χ2v) is 6.02. The van der Waals surface area contributed by atoms with Gasteiger partial charge in [0.25, 0.3) is 11.1 Å². The molecule has 0 bridgehead atoms. The first-order valence-corrected chi connectivity index (χ1v) is 8.04. The van der Waals surface area contributed by atoms with Crippen molar-refractivity contribution in [3.8, 4) is 11.5 Å². The first-order valence-electron chi connectivity index (χ1n) is 6.84. The lowest BCUT2D eigenvalue weighted by molar-refractivity contribution is -0.140. The third-order valence-electron chi connectivity index (χ3n) is 3.04. The number of carbonyl (C=O) groups is 3. The number of carbonyl (C=O) groups excluding carboxylic acids is 2. The van der Waals surface area contributed by atoms with Gasteiger partial charge in [0.2, 0.25) is 0 Å². The number of halogens is 1. The van der Waals surface area contributed by atoms with Crippen LogP contribution in [0.25, 0.3) is 6.08 Å². The third kappa shape index (κ3) is 3.82. The monoisotopic (exact) mass is 371 g/mol. The van der Waals surface area contributed by atoms with Gasteiger partial charge in [0.1, 0.15) is 6.54 Å². The Kier molecular flexibility index (Phi) is 5.74. The molecule has 1 fully saturated rings. The molecule has 0 radical (unpaired) electrons. The van der Waals surface area contributed by atoms with E-state index in [1.165, 1.54) is 13.2 Å². The molecule has 1 aliphatic rings. The Morgan fingerprint density at radius 2 is 2.08 bits per heavy atom. The fraction of sp³-hybridized carbons (Fsp3) is 0.267. The smallest absolute Gasteiger partial charge is 0.323 e. The molecule has 128 valence electrons. The van der Waals surface area contributed by atoms with Crippen LogP contribution in [0.3, 0.4) is 0 Å². The molecule has 1 saturated heterocycles. The average Bonchev–Trinajstić information content (AvgIpc) is 2.77. The Balaban J connectivity index is 2.36. The summed E-state index contributed by atoms with van der Waals surface area (Å²) >= 11 is 6.84. The predicted octanol–water partition coefficient (Wildman–Crippen LogP) is 2.87. The standard InChI is InChI=1S/C15H14ClNO6S/c1-3-23-11-6-9(16)8(4-10(11)22-2)5-12-14(20)17(7-13(18)19)15(21)24-12/h4-6H,3,7H2,1-2H3,(H,18,19)/b12-5+. The molecule has 2 amide bonds. The van der Waals surface area contributed by atoms with Crippen LogP contribution in [-0.4, -0.2) is 47.4 Å². The number of methoxy groups -OCH3 is 1. The fourth-order valence-corrected chi connectivity index (χ4v) is 3.04. The van der Waals surface area contributed by atoms with Gasteiger partial charge in [-0.2, -0.15) is 0 Å². The van der Waals surface area contributed by atoms with E-state index < -0.39 is 23.7 Å². The van der Waals surface area contributed by atoms with Gasteiger partial charge in [-0.1, -0.05) is 11.6 Å². The summed E-state index contributed by atoms with van der Waals surface area (Å²) in [6.07, 6.45) is 1.42. The summed E-state index contributed by atoms with van der Waals surface area (Å²) in [6.45, 7) is 1.57. The Bertz CT molecular complexity index is 733. The van der Waals surface area contributed by atoms with Gasteiger partial charge in [0, 0.05) is 6.07 Å². The minimum atomic E-state index is -1.26. The molecule has 0 unspecified atom stereocenters. The van der Waals surface area contributed by atoms with Crippen LogP contribution in [0.2, 0.25) is 5.02 Å².